The Morgan fingerprint density at radius 1 is 1.40 bits per heavy atom. The molecule has 0 heterocycles. The molecule has 1 nitrogen and oxygen atoms in total. The van der Waals surface area contributed by atoms with Crippen LogP contribution < -0.4 is 4.94 Å². The van der Waals surface area contributed by atoms with Gasteiger partial charge in [0.1, 0.15) is 0 Å². The maximum Gasteiger partial charge on any atom is 0.179 e. The number of rotatable bonds is 2. The van der Waals surface area contributed by atoms with Gasteiger partial charge in [0.15, 0.2) is 5.75 Å². The van der Waals surface area contributed by atoms with E-state index in [-0.39, 0.29) is 5.75 Å². The first-order valence-electron chi connectivity index (χ1n) is 2.88. The molecular formula is C8H7FO. The van der Waals surface area contributed by atoms with Gasteiger partial charge in [0.05, 0.1) is 0 Å². The molecule has 2 heteroatoms. The van der Waals surface area contributed by atoms with Crippen LogP contribution in [-0.4, -0.2) is 0 Å². The van der Waals surface area contributed by atoms with Crippen molar-refractivity contribution in [1.82, 2.24) is 0 Å². The molecule has 0 atom stereocenters. The molecule has 0 aliphatic carbocycles. The zero-order valence-corrected chi connectivity index (χ0v) is 5.38. The molecule has 0 unspecified atom stereocenters. The zero-order chi connectivity index (χ0) is 7.40. The van der Waals surface area contributed by atoms with Crippen molar-refractivity contribution in [3.8, 4) is 5.75 Å². The fourth-order valence-electron chi connectivity index (χ4n) is 0.719. The van der Waals surface area contributed by atoms with E-state index in [0.717, 1.165) is 0 Å². The molecule has 0 saturated carbocycles. The van der Waals surface area contributed by atoms with E-state index in [9.17, 15) is 4.53 Å². The molecule has 1 aromatic rings. The van der Waals surface area contributed by atoms with E-state index in [2.05, 4.69) is 11.5 Å². The van der Waals surface area contributed by atoms with E-state index < -0.39 is 0 Å². The first-order valence-corrected chi connectivity index (χ1v) is 2.88. The van der Waals surface area contributed by atoms with Crippen molar-refractivity contribution in [2.45, 2.75) is 0 Å². The van der Waals surface area contributed by atoms with Gasteiger partial charge in [-0.1, -0.05) is 30.9 Å². The Morgan fingerprint density at radius 2 is 2.10 bits per heavy atom. The average molecular weight is 138 g/mol. The third-order valence-electron chi connectivity index (χ3n) is 1.22. The Bertz CT molecular complexity index is 232. The van der Waals surface area contributed by atoms with E-state index in [1.807, 2.05) is 0 Å². The highest BCUT2D eigenvalue weighted by molar-refractivity contribution is 5.54. The van der Waals surface area contributed by atoms with Crippen molar-refractivity contribution in [2.75, 3.05) is 0 Å². The van der Waals surface area contributed by atoms with Crippen molar-refractivity contribution >= 4 is 6.08 Å². The third-order valence-corrected chi connectivity index (χ3v) is 1.22. The van der Waals surface area contributed by atoms with Gasteiger partial charge in [0.25, 0.3) is 0 Å². The molecule has 0 spiro atoms. The Labute approximate surface area is 58.7 Å². The van der Waals surface area contributed by atoms with E-state index >= 15 is 0 Å². The number of hydrogen-bond acceptors (Lipinski definition) is 1. The molecule has 10 heavy (non-hydrogen) atoms. The molecule has 0 saturated heterocycles. The van der Waals surface area contributed by atoms with Crippen molar-refractivity contribution in [3.05, 3.63) is 36.4 Å². The highest BCUT2D eigenvalue weighted by Crippen LogP contribution is 2.18. The maximum absolute atomic E-state index is 11.6. The SMILES string of the molecule is C=Cc1ccccc1OF. The highest BCUT2D eigenvalue weighted by Gasteiger charge is 1.96. The van der Waals surface area contributed by atoms with E-state index in [1.165, 1.54) is 12.1 Å². The van der Waals surface area contributed by atoms with E-state index in [4.69, 9.17) is 0 Å². The average Bonchev–Trinajstić information content (AvgIpc) is 2.04. The van der Waals surface area contributed by atoms with Gasteiger partial charge in [0.2, 0.25) is 0 Å². The third kappa shape index (κ3) is 1.16. The Morgan fingerprint density at radius 3 is 2.60 bits per heavy atom. The second-order valence-corrected chi connectivity index (χ2v) is 1.82. The lowest BCUT2D eigenvalue weighted by atomic mass is 10.2. The van der Waals surface area contributed by atoms with Crippen LogP contribution in [0.15, 0.2) is 30.8 Å². The van der Waals surface area contributed by atoms with Crippen molar-refractivity contribution in [1.29, 1.82) is 0 Å². The second kappa shape index (κ2) is 3.01. The van der Waals surface area contributed by atoms with Crippen LogP contribution in [0.3, 0.4) is 0 Å². The van der Waals surface area contributed by atoms with Crippen LogP contribution in [0, 0.1) is 0 Å². The summed E-state index contributed by atoms with van der Waals surface area (Å²) in [6.07, 6.45) is 1.54. The molecule has 0 aliphatic heterocycles. The molecule has 0 fully saturated rings. The molecule has 0 radical (unpaired) electrons. The summed E-state index contributed by atoms with van der Waals surface area (Å²) in [6.45, 7) is 3.49. The molecule has 1 rings (SSSR count). The molecule has 0 aliphatic rings. The molecule has 0 N–H and O–H groups in total. The quantitative estimate of drug-likeness (QED) is 0.610. The topological polar surface area (TPSA) is 9.23 Å². The summed E-state index contributed by atoms with van der Waals surface area (Å²) >= 11 is 0. The predicted molar refractivity (Wildman–Crippen MR) is 38.3 cm³/mol. The lowest BCUT2D eigenvalue weighted by Gasteiger charge is -1.96. The lowest BCUT2D eigenvalue weighted by Crippen LogP contribution is -1.79. The molecule has 1 aromatic carbocycles. The van der Waals surface area contributed by atoms with Gasteiger partial charge in [-0.15, -0.1) is 0 Å². The minimum atomic E-state index is 0.206. The van der Waals surface area contributed by atoms with Gasteiger partial charge in [-0.25, -0.2) is 0 Å². The van der Waals surface area contributed by atoms with Crippen molar-refractivity contribution in [2.24, 2.45) is 0 Å². The summed E-state index contributed by atoms with van der Waals surface area (Å²) in [5, 5.41) is 0. The van der Waals surface area contributed by atoms with Crippen LogP contribution in [0.4, 0.5) is 4.53 Å². The van der Waals surface area contributed by atoms with Gasteiger partial charge >= 0.3 is 0 Å². The Kier molecular flexibility index (Phi) is 2.05. The van der Waals surface area contributed by atoms with Crippen molar-refractivity contribution in [3.63, 3.8) is 0 Å². The van der Waals surface area contributed by atoms with Crippen LogP contribution in [0.5, 0.6) is 5.75 Å². The molecule has 0 bridgehead atoms. The first kappa shape index (κ1) is 6.81. The van der Waals surface area contributed by atoms with E-state index in [0.29, 0.717) is 5.56 Å². The highest BCUT2D eigenvalue weighted by atomic mass is 19.3. The van der Waals surface area contributed by atoms with Crippen molar-refractivity contribution < 1.29 is 9.47 Å². The smallest absolute Gasteiger partial charge is 0.179 e. The standard InChI is InChI=1S/C8H7FO/c1-2-7-5-3-4-6-8(7)10-9/h2-6H,1H2. The number of benzene rings is 1. The minimum absolute atomic E-state index is 0.206. The molecule has 0 amide bonds. The predicted octanol–water partition coefficient (Wildman–Crippen LogP) is 2.59. The Balaban J connectivity index is 3.08. The number of halogens is 1. The maximum atomic E-state index is 11.6. The lowest BCUT2D eigenvalue weighted by molar-refractivity contribution is -0.00644. The normalized spacial score (nSPS) is 8.90. The zero-order valence-electron chi connectivity index (χ0n) is 5.38. The molecular weight excluding hydrogens is 131 g/mol. The van der Waals surface area contributed by atoms with E-state index in [1.54, 1.807) is 18.2 Å². The van der Waals surface area contributed by atoms with Crippen LogP contribution in [0.25, 0.3) is 6.08 Å². The monoisotopic (exact) mass is 138 g/mol. The fourth-order valence-corrected chi connectivity index (χ4v) is 0.719. The summed E-state index contributed by atoms with van der Waals surface area (Å²) < 4.78 is 11.6. The van der Waals surface area contributed by atoms with Gasteiger partial charge < -0.3 is 0 Å². The number of para-hydroxylation sites is 1. The molecule has 52 valence electrons. The second-order valence-electron chi connectivity index (χ2n) is 1.82. The van der Waals surface area contributed by atoms with Crippen LogP contribution in [-0.2, 0) is 0 Å². The van der Waals surface area contributed by atoms with Crippen LogP contribution in [0.1, 0.15) is 5.56 Å². The van der Waals surface area contributed by atoms with Crippen LogP contribution in [0.2, 0.25) is 0 Å². The van der Waals surface area contributed by atoms with Gasteiger partial charge in [-0.2, -0.15) is 0 Å². The van der Waals surface area contributed by atoms with Gasteiger partial charge in [-0.05, 0) is 6.07 Å². The minimum Gasteiger partial charge on any atom is -0.294 e. The molecule has 0 aromatic heterocycles. The summed E-state index contributed by atoms with van der Waals surface area (Å²) in [4.78, 5) is 3.56. The van der Waals surface area contributed by atoms with Gasteiger partial charge in [-0.3, -0.25) is 4.94 Å². The number of hydrogen-bond donors (Lipinski definition) is 0. The first-order chi connectivity index (χ1) is 4.88. The summed E-state index contributed by atoms with van der Waals surface area (Å²) in [5.41, 5.74) is 0.657. The summed E-state index contributed by atoms with van der Waals surface area (Å²) in [5.74, 6) is 0.206. The fraction of sp³-hybridized carbons (Fsp3) is 0. The summed E-state index contributed by atoms with van der Waals surface area (Å²) in [6, 6.07) is 6.75. The van der Waals surface area contributed by atoms with Crippen LogP contribution >= 0.6 is 0 Å². The largest absolute Gasteiger partial charge is 0.294 e. The summed E-state index contributed by atoms with van der Waals surface area (Å²) in [7, 11) is 0. The van der Waals surface area contributed by atoms with Gasteiger partial charge in [0, 0.05) is 10.1 Å². The Hall–Kier alpha value is -1.31.